The molecule has 4 aromatic carbocycles. The van der Waals surface area contributed by atoms with Crippen molar-refractivity contribution in [1.82, 2.24) is 10.2 Å². The predicted molar refractivity (Wildman–Crippen MR) is 170 cm³/mol. The summed E-state index contributed by atoms with van der Waals surface area (Å²) in [6.45, 7) is 0.910. The average Bonchev–Trinajstić information content (AvgIpc) is 3.08. The average molecular weight is 628 g/mol. The normalized spacial score (nSPS) is 14.1. The molecule has 10 heteroatoms. The van der Waals surface area contributed by atoms with E-state index in [0.29, 0.717) is 41.9 Å². The molecule has 236 valence electrons. The molecule has 0 radical (unpaired) electrons. The Bertz CT molecular complexity index is 1720. The molecule has 1 aliphatic heterocycles. The minimum atomic E-state index is -4.44. The molecule has 1 unspecified atom stereocenters. The Balaban J connectivity index is 1.26. The summed E-state index contributed by atoms with van der Waals surface area (Å²) in [7, 11) is 1.27. The Morgan fingerprint density at radius 2 is 1.50 bits per heavy atom. The minimum Gasteiger partial charge on any atom is -0.468 e. The van der Waals surface area contributed by atoms with E-state index in [1.807, 2.05) is 47.4 Å². The minimum absolute atomic E-state index is 0.211. The first-order chi connectivity index (χ1) is 22.1. The number of amides is 2. The molecule has 2 amide bonds. The van der Waals surface area contributed by atoms with Crippen molar-refractivity contribution < 1.29 is 32.3 Å². The number of carbonyl (C=O) groups is 3. The van der Waals surface area contributed by atoms with Gasteiger partial charge in [0.2, 0.25) is 5.91 Å². The Kier molecular flexibility index (Phi) is 9.97. The second-order valence-electron chi connectivity index (χ2n) is 10.7. The number of esters is 1. The quantitative estimate of drug-likeness (QED) is 0.201. The Hall–Kier alpha value is -5.22. The second kappa shape index (κ2) is 14.3. The Morgan fingerprint density at radius 1 is 0.848 bits per heavy atom. The number of hydrogen-bond donors (Lipinski definition) is 2. The Morgan fingerprint density at radius 3 is 2.13 bits per heavy atom. The molecular formula is C36H32F3N3O4. The number of methoxy groups -OCH3 is 1. The zero-order valence-electron chi connectivity index (χ0n) is 25.0. The molecule has 0 spiro atoms. The number of ether oxygens (including phenoxy) is 1. The predicted octanol–water partition coefficient (Wildman–Crippen LogP) is 6.74. The van der Waals surface area contributed by atoms with Gasteiger partial charge >= 0.3 is 12.1 Å². The molecule has 0 aromatic heterocycles. The van der Waals surface area contributed by atoms with Crippen LogP contribution in [0.15, 0.2) is 109 Å². The first kappa shape index (κ1) is 32.2. The van der Waals surface area contributed by atoms with Gasteiger partial charge < -0.3 is 15.4 Å². The van der Waals surface area contributed by atoms with Gasteiger partial charge in [-0.15, -0.1) is 0 Å². The molecule has 7 nitrogen and oxygen atoms in total. The number of nitrogens with zero attached hydrogens (tertiary/aromatic N) is 1. The van der Waals surface area contributed by atoms with Crippen LogP contribution in [0, 0.1) is 0 Å². The van der Waals surface area contributed by atoms with E-state index in [4.69, 9.17) is 0 Å². The number of halogens is 3. The van der Waals surface area contributed by atoms with Gasteiger partial charge in [-0.3, -0.25) is 19.3 Å². The first-order valence-corrected chi connectivity index (χ1v) is 14.6. The van der Waals surface area contributed by atoms with E-state index in [0.717, 1.165) is 28.8 Å². The molecule has 1 heterocycles. The molecule has 0 aliphatic carbocycles. The highest BCUT2D eigenvalue weighted by Crippen LogP contribution is 2.33. The first-order valence-electron chi connectivity index (χ1n) is 14.6. The number of anilines is 1. The summed E-state index contributed by atoms with van der Waals surface area (Å²) in [5.74, 6) is -1.19. The van der Waals surface area contributed by atoms with Gasteiger partial charge in [0.25, 0.3) is 5.91 Å². The fourth-order valence-corrected chi connectivity index (χ4v) is 5.41. The van der Waals surface area contributed by atoms with Gasteiger partial charge in [0, 0.05) is 24.3 Å². The van der Waals surface area contributed by atoms with Crippen LogP contribution in [0.3, 0.4) is 0 Å². The molecule has 0 saturated carbocycles. The van der Waals surface area contributed by atoms with Gasteiger partial charge in [0.15, 0.2) is 0 Å². The van der Waals surface area contributed by atoms with Crippen LogP contribution in [0.1, 0.15) is 39.5 Å². The van der Waals surface area contributed by atoms with Crippen molar-refractivity contribution in [2.45, 2.75) is 18.6 Å². The van der Waals surface area contributed by atoms with Gasteiger partial charge in [0.1, 0.15) is 12.6 Å². The summed E-state index contributed by atoms with van der Waals surface area (Å²) in [6, 6.07) is 27.7. The smallest absolute Gasteiger partial charge is 0.416 e. The molecule has 1 aliphatic rings. The van der Waals surface area contributed by atoms with Crippen LogP contribution in [0.2, 0.25) is 0 Å². The lowest BCUT2D eigenvalue weighted by Crippen LogP contribution is -2.43. The van der Waals surface area contributed by atoms with Crippen molar-refractivity contribution in [3.8, 4) is 11.1 Å². The fraction of sp³-hybridized carbons (Fsp3) is 0.194. The lowest BCUT2D eigenvalue weighted by Gasteiger charge is -2.33. The van der Waals surface area contributed by atoms with Crippen LogP contribution in [0.5, 0.6) is 0 Å². The molecule has 4 aromatic rings. The number of hydrogen-bond acceptors (Lipinski definition) is 5. The number of alkyl halides is 3. The molecule has 0 saturated heterocycles. The monoisotopic (exact) mass is 627 g/mol. The van der Waals surface area contributed by atoms with Crippen molar-refractivity contribution in [2.24, 2.45) is 0 Å². The maximum Gasteiger partial charge on any atom is 0.416 e. The van der Waals surface area contributed by atoms with Crippen LogP contribution in [0.4, 0.5) is 18.9 Å². The van der Waals surface area contributed by atoms with E-state index in [9.17, 15) is 27.6 Å². The summed E-state index contributed by atoms with van der Waals surface area (Å²) < 4.78 is 43.7. The highest BCUT2D eigenvalue weighted by atomic mass is 19.4. The third kappa shape index (κ3) is 7.70. The fourth-order valence-electron chi connectivity index (χ4n) is 5.41. The molecule has 2 N–H and O–H groups in total. The molecule has 0 bridgehead atoms. The van der Waals surface area contributed by atoms with Crippen LogP contribution >= 0.6 is 0 Å². The molecular weight excluding hydrogens is 595 g/mol. The van der Waals surface area contributed by atoms with Crippen LogP contribution in [-0.2, 0) is 20.5 Å². The van der Waals surface area contributed by atoms with Crippen molar-refractivity contribution in [3.05, 3.63) is 131 Å². The van der Waals surface area contributed by atoms with E-state index in [-0.39, 0.29) is 18.4 Å². The van der Waals surface area contributed by atoms with E-state index in [1.54, 1.807) is 36.4 Å². The molecule has 1 atom stereocenters. The third-order valence-electron chi connectivity index (χ3n) is 7.81. The van der Waals surface area contributed by atoms with Crippen LogP contribution < -0.4 is 10.6 Å². The Labute approximate surface area is 264 Å². The summed E-state index contributed by atoms with van der Waals surface area (Å²) in [4.78, 5) is 40.0. The maximum atomic E-state index is 13.2. The van der Waals surface area contributed by atoms with Crippen molar-refractivity contribution in [1.29, 1.82) is 0 Å². The van der Waals surface area contributed by atoms with Gasteiger partial charge in [-0.2, -0.15) is 13.2 Å². The lowest BCUT2D eigenvalue weighted by atomic mass is 9.96. The summed E-state index contributed by atoms with van der Waals surface area (Å²) in [6.07, 6.45) is -1.69. The van der Waals surface area contributed by atoms with Crippen molar-refractivity contribution in [2.75, 3.05) is 32.1 Å². The van der Waals surface area contributed by atoms with Crippen LogP contribution in [0.25, 0.3) is 16.7 Å². The highest BCUT2D eigenvalue weighted by molar-refractivity contribution is 6.08. The lowest BCUT2D eigenvalue weighted by molar-refractivity contribution is -0.141. The van der Waals surface area contributed by atoms with E-state index in [1.165, 1.54) is 19.2 Å². The zero-order valence-corrected chi connectivity index (χ0v) is 25.0. The van der Waals surface area contributed by atoms with E-state index in [2.05, 4.69) is 21.4 Å². The summed E-state index contributed by atoms with van der Waals surface area (Å²) in [5.41, 5.74) is 4.08. The molecule has 46 heavy (non-hydrogen) atoms. The van der Waals surface area contributed by atoms with Gasteiger partial charge in [0.05, 0.1) is 12.7 Å². The molecule has 0 fully saturated rings. The number of benzene rings is 4. The molecule has 5 rings (SSSR count). The van der Waals surface area contributed by atoms with Gasteiger partial charge in [-0.25, -0.2) is 0 Å². The van der Waals surface area contributed by atoms with Gasteiger partial charge in [-0.05, 0) is 64.6 Å². The second-order valence-corrected chi connectivity index (χ2v) is 10.7. The standard InChI is InChI=1S/C36H32F3N3O4/c1-46-32(43)23-40-35(45)33(27-7-3-2-4-8-27)42-21-19-25(20-22-42)24-13-17-29(18-14-24)41-34(44)31-10-6-5-9-30(31)26-11-15-28(16-12-26)36(37,38)39/h2-19,33H,20-23H2,1H3,(H,40,45)(H,41,44). The van der Waals surface area contributed by atoms with Crippen molar-refractivity contribution in [3.63, 3.8) is 0 Å². The number of rotatable bonds is 9. The zero-order chi connectivity index (χ0) is 32.7. The third-order valence-corrected chi connectivity index (χ3v) is 7.81. The summed E-state index contributed by atoms with van der Waals surface area (Å²) >= 11 is 0. The van der Waals surface area contributed by atoms with E-state index < -0.39 is 23.8 Å². The highest BCUT2D eigenvalue weighted by Gasteiger charge is 2.31. The topological polar surface area (TPSA) is 87.7 Å². The maximum absolute atomic E-state index is 13.2. The number of carbonyl (C=O) groups excluding carboxylic acids is 3. The van der Waals surface area contributed by atoms with Gasteiger partial charge in [-0.1, -0.05) is 78.9 Å². The van der Waals surface area contributed by atoms with E-state index >= 15 is 0 Å². The SMILES string of the molecule is COC(=O)CNC(=O)C(c1ccccc1)N1CC=C(c2ccc(NC(=O)c3ccccc3-c3ccc(C(F)(F)F)cc3)cc2)CC1. The summed E-state index contributed by atoms with van der Waals surface area (Å²) in [5, 5.41) is 5.56. The van der Waals surface area contributed by atoms with Crippen molar-refractivity contribution >= 4 is 29.0 Å². The number of nitrogens with one attached hydrogen (secondary N) is 2. The van der Waals surface area contributed by atoms with Crippen LogP contribution in [-0.4, -0.2) is 49.4 Å². The largest absolute Gasteiger partial charge is 0.468 e.